The lowest BCUT2D eigenvalue weighted by Crippen LogP contribution is -2.44. The van der Waals surface area contributed by atoms with Crippen molar-refractivity contribution >= 4 is 0 Å². The van der Waals surface area contributed by atoms with E-state index in [9.17, 15) is 5.26 Å². The zero-order valence-corrected chi connectivity index (χ0v) is 13.0. The monoisotopic (exact) mass is 279 g/mol. The maximum absolute atomic E-state index is 9.51. The lowest BCUT2D eigenvalue weighted by atomic mass is 9.98. The number of rotatable bonds is 6. The lowest BCUT2D eigenvalue weighted by Gasteiger charge is -2.31. The molecular formula is C16H29N3O. The number of nitrogens with one attached hydrogen (secondary N) is 1. The average molecular weight is 279 g/mol. The molecule has 1 aliphatic carbocycles. The lowest BCUT2D eigenvalue weighted by molar-refractivity contribution is 0.0362. The summed E-state index contributed by atoms with van der Waals surface area (Å²) in [7, 11) is 2.21. The molecule has 1 heterocycles. The third kappa shape index (κ3) is 3.94. The van der Waals surface area contributed by atoms with Gasteiger partial charge in [-0.15, -0.1) is 0 Å². The van der Waals surface area contributed by atoms with Gasteiger partial charge >= 0.3 is 0 Å². The highest BCUT2D eigenvalue weighted by atomic mass is 16.5. The predicted molar refractivity (Wildman–Crippen MR) is 80.4 cm³/mol. The van der Waals surface area contributed by atoms with Crippen LogP contribution < -0.4 is 5.32 Å². The van der Waals surface area contributed by atoms with Crippen LogP contribution in [0.1, 0.15) is 45.4 Å². The molecule has 3 atom stereocenters. The molecule has 0 radical (unpaired) electrons. The van der Waals surface area contributed by atoms with Crippen LogP contribution in [0.25, 0.3) is 0 Å². The van der Waals surface area contributed by atoms with Gasteiger partial charge in [0.1, 0.15) is 5.54 Å². The van der Waals surface area contributed by atoms with Crippen LogP contribution in [-0.2, 0) is 4.74 Å². The van der Waals surface area contributed by atoms with Crippen LogP contribution in [0.2, 0.25) is 0 Å². The summed E-state index contributed by atoms with van der Waals surface area (Å²) >= 11 is 0. The minimum atomic E-state index is -0.280. The van der Waals surface area contributed by atoms with E-state index in [1.807, 2.05) is 0 Å². The van der Waals surface area contributed by atoms with Gasteiger partial charge in [0.2, 0.25) is 0 Å². The first-order chi connectivity index (χ1) is 9.69. The number of hydrogen-bond donors (Lipinski definition) is 1. The van der Waals surface area contributed by atoms with Gasteiger partial charge in [0.25, 0.3) is 0 Å². The molecule has 0 amide bonds. The summed E-state index contributed by atoms with van der Waals surface area (Å²) in [6.45, 7) is 6.05. The first kappa shape index (κ1) is 15.8. The van der Waals surface area contributed by atoms with Gasteiger partial charge in [-0.2, -0.15) is 5.26 Å². The molecule has 2 aliphatic rings. The average Bonchev–Trinajstić information content (AvgIpc) is 2.91. The molecule has 0 aromatic carbocycles. The van der Waals surface area contributed by atoms with Crippen LogP contribution >= 0.6 is 0 Å². The molecule has 20 heavy (non-hydrogen) atoms. The smallest absolute Gasteiger partial charge is 0.108 e. The van der Waals surface area contributed by atoms with E-state index < -0.39 is 0 Å². The summed E-state index contributed by atoms with van der Waals surface area (Å²) in [6.07, 6.45) is 6.66. The van der Waals surface area contributed by atoms with Crippen molar-refractivity contribution in [1.29, 1.82) is 5.26 Å². The Morgan fingerprint density at radius 3 is 2.95 bits per heavy atom. The molecule has 1 N–H and O–H groups in total. The van der Waals surface area contributed by atoms with Crippen molar-refractivity contribution in [2.24, 2.45) is 5.92 Å². The molecule has 0 aromatic rings. The van der Waals surface area contributed by atoms with Crippen LogP contribution in [0.15, 0.2) is 0 Å². The Morgan fingerprint density at radius 2 is 2.30 bits per heavy atom. The van der Waals surface area contributed by atoms with E-state index in [4.69, 9.17) is 4.74 Å². The molecule has 0 bridgehead atoms. The van der Waals surface area contributed by atoms with E-state index in [-0.39, 0.29) is 5.54 Å². The van der Waals surface area contributed by atoms with E-state index in [1.165, 1.54) is 12.8 Å². The molecule has 3 unspecified atom stereocenters. The summed E-state index contributed by atoms with van der Waals surface area (Å²) in [6, 6.07) is 3.08. The highest BCUT2D eigenvalue weighted by Gasteiger charge is 2.40. The van der Waals surface area contributed by atoms with E-state index in [0.29, 0.717) is 12.0 Å². The molecule has 1 saturated heterocycles. The minimum Gasteiger partial charge on any atom is -0.381 e. The summed E-state index contributed by atoms with van der Waals surface area (Å²) in [5.41, 5.74) is -0.280. The van der Waals surface area contributed by atoms with Gasteiger partial charge in [0.15, 0.2) is 0 Å². The second-order valence-electron chi connectivity index (χ2n) is 6.54. The maximum atomic E-state index is 9.51. The van der Waals surface area contributed by atoms with Crippen molar-refractivity contribution in [2.75, 3.05) is 33.4 Å². The quantitative estimate of drug-likeness (QED) is 0.809. The molecule has 4 nitrogen and oxygen atoms in total. The summed E-state index contributed by atoms with van der Waals surface area (Å²) < 4.78 is 5.57. The Kier molecular flexibility index (Phi) is 5.83. The number of nitrogens with zero attached hydrogens (tertiary/aromatic N) is 2. The topological polar surface area (TPSA) is 48.3 Å². The van der Waals surface area contributed by atoms with Crippen molar-refractivity contribution < 1.29 is 4.74 Å². The van der Waals surface area contributed by atoms with Gasteiger partial charge in [-0.1, -0.05) is 6.92 Å². The Morgan fingerprint density at radius 1 is 1.45 bits per heavy atom. The van der Waals surface area contributed by atoms with Gasteiger partial charge in [-0.3, -0.25) is 5.32 Å². The van der Waals surface area contributed by atoms with E-state index in [0.717, 1.165) is 52.0 Å². The van der Waals surface area contributed by atoms with Crippen LogP contribution in [0.5, 0.6) is 0 Å². The molecule has 0 spiro atoms. The highest BCUT2D eigenvalue weighted by molar-refractivity contribution is 5.13. The fraction of sp³-hybridized carbons (Fsp3) is 0.938. The van der Waals surface area contributed by atoms with Crippen LogP contribution in [0.3, 0.4) is 0 Å². The predicted octanol–water partition coefficient (Wildman–Crippen LogP) is 2.16. The molecule has 4 heteroatoms. The van der Waals surface area contributed by atoms with Crippen molar-refractivity contribution in [3.05, 3.63) is 0 Å². The zero-order valence-electron chi connectivity index (χ0n) is 13.0. The molecular weight excluding hydrogens is 250 g/mol. The van der Waals surface area contributed by atoms with Gasteiger partial charge in [0.05, 0.1) is 12.7 Å². The third-order valence-corrected chi connectivity index (χ3v) is 4.84. The summed E-state index contributed by atoms with van der Waals surface area (Å²) in [5.74, 6) is 0.675. The van der Waals surface area contributed by atoms with Crippen LogP contribution in [-0.4, -0.2) is 49.8 Å². The molecule has 2 fully saturated rings. The zero-order chi connectivity index (χ0) is 14.4. The van der Waals surface area contributed by atoms with Gasteiger partial charge < -0.3 is 9.64 Å². The molecule has 1 aliphatic heterocycles. The third-order valence-electron chi connectivity index (χ3n) is 4.84. The van der Waals surface area contributed by atoms with Crippen molar-refractivity contribution in [1.82, 2.24) is 10.2 Å². The molecule has 1 saturated carbocycles. The molecule has 114 valence electrons. The van der Waals surface area contributed by atoms with Crippen LogP contribution in [0.4, 0.5) is 0 Å². The van der Waals surface area contributed by atoms with Gasteiger partial charge in [-0.25, -0.2) is 0 Å². The first-order valence-corrected chi connectivity index (χ1v) is 8.13. The van der Waals surface area contributed by atoms with E-state index in [1.54, 1.807) is 0 Å². The number of hydrogen-bond acceptors (Lipinski definition) is 4. The Labute approximate surface area is 123 Å². The molecule has 0 aromatic heterocycles. The van der Waals surface area contributed by atoms with E-state index in [2.05, 4.69) is 30.3 Å². The normalized spacial score (nSPS) is 34.3. The fourth-order valence-electron chi connectivity index (χ4n) is 3.57. The maximum Gasteiger partial charge on any atom is 0.108 e. The van der Waals surface area contributed by atoms with E-state index >= 15 is 0 Å². The van der Waals surface area contributed by atoms with Crippen molar-refractivity contribution in [2.45, 2.75) is 57.0 Å². The van der Waals surface area contributed by atoms with Crippen LogP contribution in [0, 0.1) is 17.2 Å². The largest absolute Gasteiger partial charge is 0.381 e. The van der Waals surface area contributed by atoms with Crippen molar-refractivity contribution in [3.63, 3.8) is 0 Å². The number of ether oxygens (including phenoxy) is 1. The van der Waals surface area contributed by atoms with Crippen molar-refractivity contribution in [3.8, 4) is 6.07 Å². The Hall–Kier alpha value is -0.630. The first-order valence-electron chi connectivity index (χ1n) is 8.13. The second kappa shape index (κ2) is 7.40. The minimum absolute atomic E-state index is 0.280. The summed E-state index contributed by atoms with van der Waals surface area (Å²) in [5, 5.41) is 13.0. The standard InChI is InChI=1S/C16H29N3O/c1-3-8-18-16(13-17)7-6-15(10-16)19(2)11-14-5-4-9-20-12-14/h14-15,18H,3-12H2,1-2H3. The molecule has 2 rings (SSSR count). The Balaban J connectivity index is 1.82. The van der Waals surface area contributed by atoms with Gasteiger partial charge in [-0.05, 0) is 58.0 Å². The number of nitriles is 1. The fourth-order valence-corrected chi connectivity index (χ4v) is 3.57. The second-order valence-corrected chi connectivity index (χ2v) is 6.54. The summed E-state index contributed by atoms with van der Waals surface area (Å²) in [4.78, 5) is 2.46. The Bertz CT molecular complexity index is 335. The van der Waals surface area contributed by atoms with Gasteiger partial charge in [0, 0.05) is 19.2 Å². The SMILES string of the molecule is CCCNC1(C#N)CCC(N(C)CC2CCCOC2)C1. The highest BCUT2D eigenvalue weighted by Crippen LogP contribution is 2.33.